The Morgan fingerprint density at radius 3 is 3.00 bits per heavy atom. The molecule has 0 radical (unpaired) electrons. The zero-order chi connectivity index (χ0) is 9.68. The van der Waals surface area contributed by atoms with Crippen LogP contribution in [0.25, 0.3) is 0 Å². The third-order valence-corrected chi connectivity index (χ3v) is 2.06. The lowest BCUT2D eigenvalue weighted by atomic mass is 10.3. The highest BCUT2D eigenvalue weighted by molar-refractivity contribution is 5.09. The summed E-state index contributed by atoms with van der Waals surface area (Å²) in [5.41, 5.74) is 1.31. The van der Waals surface area contributed by atoms with E-state index in [9.17, 15) is 0 Å². The van der Waals surface area contributed by atoms with Crippen LogP contribution >= 0.6 is 0 Å². The molecule has 1 unspecified atom stereocenters. The number of rotatable bonds is 5. The molecule has 74 valence electrons. The first kappa shape index (κ1) is 10.3. The molecule has 0 aliphatic heterocycles. The van der Waals surface area contributed by atoms with Crippen LogP contribution in [0.3, 0.4) is 0 Å². The Bertz CT molecular complexity index is 245. The minimum absolute atomic E-state index is 0.273. The van der Waals surface area contributed by atoms with Crippen LogP contribution < -0.4 is 5.32 Å². The maximum atomic E-state index is 5.19. The average molecular weight is 182 g/mol. The first-order valence-corrected chi connectivity index (χ1v) is 4.58. The van der Waals surface area contributed by atoms with Gasteiger partial charge in [0.05, 0.1) is 6.10 Å². The van der Waals surface area contributed by atoms with Crippen molar-refractivity contribution in [2.45, 2.75) is 26.1 Å². The molecule has 0 spiro atoms. The van der Waals surface area contributed by atoms with Crippen LogP contribution in [0, 0.1) is 0 Å². The van der Waals surface area contributed by atoms with Crippen LogP contribution in [0.1, 0.15) is 12.5 Å². The van der Waals surface area contributed by atoms with Gasteiger partial charge in [0.15, 0.2) is 0 Å². The molecule has 3 nitrogen and oxygen atoms in total. The summed E-state index contributed by atoms with van der Waals surface area (Å²) in [6, 6.07) is 2.12. The molecule has 0 amide bonds. The van der Waals surface area contributed by atoms with Gasteiger partial charge in [0.1, 0.15) is 0 Å². The van der Waals surface area contributed by atoms with Gasteiger partial charge in [-0.25, -0.2) is 0 Å². The summed E-state index contributed by atoms with van der Waals surface area (Å²) in [4.78, 5) is 0. The highest BCUT2D eigenvalue weighted by Gasteiger charge is 2.01. The van der Waals surface area contributed by atoms with Crippen molar-refractivity contribution in [3.63, 3.8) is 0 Å². The fraction of sp³-hybridized carbons (Fsp3) is 0.600. The summed E-state index contributed by atoms with van der Waals surface area (Å²) in [5.74, 6) is 0. The normalized spacial score (nSPS) is 13.2. The van der Waals surface area contributed by atoms with Crippen LogP contribution in [-0.2, 0) is 17.8 Å². The van der Waals surface area contributed by atoms with E-state index in [0.29, 0.717) is 0 Å². The molecule has 0 aliphatic rings. The van der Waals surface area contributed by atoms with Crippen molar-refractivity contribution < 1.29 is 4.74 Å². The molecule has 1 rings (SSSR count). The summed E-state index contributed by atoms with van der Waals surface area (Å²) in [6.07, 6.45) is 4.50. The predicted molar refractivity (Wildman–Crippen MR) is 53.7 cm³/mol. The monoisotopic (exact) mass is 182 g/mol. The number of methoxy groups -OCH3 is 1. The molecule has 1 heterocycles. The molecule has 0 saturated carbocycles. The number of ether oxygens (including phenoxy) is 1. The van der Waals surface area contributed by atoms with E-state index in [1.54, 1.807) is 7.11 Å². The molecule has 0 aliphatic carbocycles. The van der Waals surface area contributed by atoms with Gasteiger partial charge in [0.25, 0.3) is 0 Å². The van der Waals surface area contributed by atoms with Crippen LogP contribution in [0.5, 0.6) is 0 Å². The molecule has 0 bridgehead atoms. The van der Waals surface area contributed by atoms with Crippen molar-refractivity contribution in [1.29, 1.82) is 0 Å². The largest absolute Gasteiger partial charge is 0.380 e. The Kier molecular flexibility index (Phi) is 3.99. The van der Waals surface area contributed by atoms with E-state index in [2.05, 4.69) is 35.3 Å². The zero-order valence-electron chi connectivity index (χ0n) is 8.58. The van der Waals surface area contributed by atoms with Gasteiger partial charge in [0.2, 0.25) is 0 Å². The van der Waals surface area contributed by atoms with Gasteiger partial charge in [-0.2, -0.15) is 0 Å². The second kappa shape index (κ2) is 5.04. The highest BCUT2D eigenvalue weighted by atomic mass is 16.5. The zero-order valence-corrected chi connectivity index (χ0v) is 8.58. The summed E-state index contributed by atoms with van der Waals surface area (Å²) >= 11 is 0. The van der Waals surface area contributed by atoms with Crippen molar-refractivity contribution in [1.82, 2.24) is 9.88 Å². The van der Waals surface area contributed by atoms with Crippen molar-refractivity contribution in [3.8, 4) is 0 Å². The summed E-state index contributed by atoms with van der Waals surface area (Å²) in [5, 5.41) is 3.12. The predicted octanol–water partition coefficient (Wildman–Crippen LogP) is 1.24. The summed E-state index contributed by atoms with van der Waals surface area (Å²) in [7, 11) is 3.69. The number of hydrogen-bond donors (Lipinski definition) is 1. The second-order valence-corrected chi connectivity index (χ2v) is 3.29. The van der Waals surface area contributed by atoms with E-state index >= 15 is 0 Å². The van der Waals surface area contributed by atoms with Gasteiger partial charge in [-0.3, -0.25) is 0 Å². The SMILES string of the molecule is CNCc1ccn(CC(C)OC)c1. The van der Waals surface area contributed by atoms with Gasteiger partial charge in [-0.1, -0.05) is 0 Å². The van der Waals surface area contributed by atoms with Gasteiger partial charge < -0.3 is 14.6 Å². The van der Waals surface area contributed by atoms with Gasteiger partial charge in [-0.05, 0) is 25.6 Å². The van der Waals surface area contributed by atoms with Crippen LogP contribution in [0.2, 0.25) is 0 Å². The maximum absolute atomic E-state index is 5.19. The lowest BCUT2D eigenvalue weighted by Crippen LogP contribution is -2.13. The molecular weight excluding hydrogens is 164 g/mol. The maximum Gasteiger partial charge on any atom is 0.0721 e. The minimum Gasteiger partial charge on any atom is -0.380 e. The molecule has 1 atom stereocenters. The first-order valence-electron chi connectivity index (χ1n) is 4.58. The van der Waals surface area contributed by atoms with Crippen molar-refractivity contribution in [3.05, 3.63) is 24.0 Å². The number of nitrogens with zero attached hydrogens (tertiary/aromatic N) is 1. The molecule has 0 saturated heterocycles. The Labute approximate surface area is 79.7 Å². The highest BCUT2D eigenvalue weighted by Crippen LogP contribution is 2.02. The number of hydrogen-bond acceptors (Lipinski definition) is 2. The third kappa shape index (κ3) is 3.20. The standard InChI is InChI=1S/C10H18N2O/c1-9(13-3)7-12-5-4-10(8-12)6-11-2/h4-5,8-9,11H,6-7H2,1-3H3. The van der Waals surface area contributed by atoms with E-state index < -0.39 is 0 Å². The Hall–Kier alpha value is -0.800. The van der Waals surface area contributed by atoms with Gasteiger partial charge >= 0.3 is 0 Å². The Morgan fingerprint density at radius 2 is 2.38 bits per heavy atom. The van der Waals surface area contributed by atoms with E-state index in [4.69, 9.17) is 4.74 Å². The van der Waals surface area contributed by atoms with Crippen LogP contribution in [0.4, 0.5) is 0 Å². The van der Waals surface area contributed by atoms with Gasteiger partial charge in [0, 0.05) is 32.6 Å². The van der Waals surface area contributed by atoms with Crippen molar-refractivity contribution in [2.24, 2.45) is 0 Å². The molecule has 3 heteroatoms. The van der Waals surface area contributed by atoms with E-state index in [-0.39, 0.29) is 6.10 Å². The summed E-state index contributed by atoms with van der Waals surface area (Å²) in [6.45, 7) is 3.91. The molecule has 1 N–H and O–H groups in total. The third-order valence-electron chi connectivity index (χ3n) is 2.06. The van der Waals surface area contributed by atoms with Crippen LogP contribution in [-0.4, -0.2) is 24.8 Å². The molecular formula is C10H18N2O. The van der Waals surface area contributed by atoms with Crippen LogP contribution in [0.15, 0.2) is 18.5 Å². The Morgan fingerprint density at radius 1 is 1.62 bits per heavy atom. The molecule has 1 aromatic rings. The molecule has 1 aromatic heterocycles. The lowest BCUT2D eigenvalue weighted by Gasteiger charge is -2.09. The average Bonchev–Trinajstić information content (AvgIpc) is 2.53. The fourth-order valence-corrected chi connectivity index (χ4v) is 1.28. The topological polar surface area (TPSA) is 26.2 Å². The van der Waals surface area contributed by atoms with Crippen molar-refractivity contribution in [2.75, 3.05) is 14.2 Å². The quantitative estimate of drug-likeness (QED) is 0.741. The van der Waals surface area contributed by atoms with Crippen molar-refractivity contribution >= 4 is 0 Å². The molecule has 0 fully saturated rings. The van der Waals surface area contributed by atoms with E-state index in [1.165, 1.54) is 5.56 Å². The van der Waals surface area contributed by atoms with Gasteiger partial charge in [-0.15, -0.1) is 0 Å². The minimum atomic E-state index is 0.273. The van der Waals surface area contributed by atoms with E-state index in [1.807, 2.05) is 7.05 Å². The summed E-state index contributed by atoms with van der Waals surface area (Å²) < 4.78 is 7.34. The second-order valence-electron chi connectivity index (χ2n) is 3.29. The van der Waals surface area contributed by atoms with E-state index in [0.717, 1.165) is 13.1 Å². The first-order chi connectivity index (χ1) is 6.26. The Balaban J connectivity index is 2.48. The number of aromatic nitrogens is 1. The molecule has 13 heavy (non-hydrogen) atoms. The fourth-order valence-electron chi connectivity index (χ4n) is 1.28. The number of nitrogens with one attached hydrogen (secondary N) is 1. The lowest BCUT2D eigenvalue weighted by molar-refractivity contribution is 0.103. The molecule has 0 aromatic carbocycles. The smallest absolute Gasteiger partial charge is 0.0721 e.